The maximum Gasteiger partial charge on any atom is 0.104 e. The van der Waals surface area contributed by atoms with Crippen LogP contribution in [0.1, 0.15) is 11.1 Å². The molecule has 0 amide bonds. The molecule has 0 atom stereocenters. The summed E-state index contributed by atoms with van der Waals surface area (Å²) in [7, 11) is 0. The fourth-order valence-corrected chi connectivity index (χ4v) is 3.13. The van der Waals surface area contributed by atoms with Gasteiger partial charge in [-0.3, -0.25) is 0 Å². The van der Waals surface area contributed by atoms with Crippen molar-refractivity contribution in [3.05, 3.63) is 64.1 Å². The van der Waals surface area contributed by atoms with E-state index < -0.39 is 0 Å². The number of halogens is 1. The maximum absolute atomic E-state index is 8.77. The lowest BCUT2D eigenvalue weighted by molar-refractivity contribution is 0.350. The van der Waals surface area contributed by atoms with Crippen LogP contribution in [0, 0.1) is 11.8 Å². The van der Waals surface area contributed by atoms with Crippen molar-refractivity contribution < 1.29 is 5.11 Å². The van der Waals surface area contributed by atoms with Gasteiger partial charge in [0.05, 0.1) is 0 Å². The molecule has 0 aliphatic heterocycles. The van der Waals surface area contributed by atoms with E-state index >= 15 is 0 Å². The number of thioether (sulfide) groups is 1. The van der Waals surface area contributed by atoms with Gasteiger partial charge >= 0.3 is 0 Å². The minimum Gasteiger partial charge on any atom is -0.384 e. The molecule has 0 spiro atoms. The third-order valence-electron chi connectivity index (χ3n) is 2.51. The fraction of sp³-hybridized carbons (Fsp3) is 0.125. The quantitative estimate of drug-likeness (QED) is 0.674. The zero-order valence-electron chi connectivity index (χ0n) is 10.3. The fourth-order valence-electron chi connectivity index (χ4n) is 1.62. The molecule has 2 aromatic carbocycles. The van der Waals surface area contributed by atoms with E-state index in [1.807, 2.05) is 30.3 Å². The van der Waals surface area contributed by atoms with E-state index in [-0.39, 0.29) is 6.61 Å². The first-order chi connectivity index (χ1) is 9.29. The smallest absolute Gasteiger partial charge is 0.104 e. The zero-order valence-corrected chi connectivity index (χ0v) is 12.7. The van der Waals surface area contributed by atoms with E-state index in [2.05, 4.69) is 46.0 Å². The highest BCUT2D eigenvalue weighted by Gasteiger charge is 2.01. The molecular weight excluding hydrogens is 320 g/mol. The van der Waals surface area contributed by atoms with Gasteiger partial charge in [-0.05, 0) is 29.8 Å². The molecule has 0 aromatic heterocycles. The van der Waals surface area contributed by atoms with Crippen LogP contribution in [0.3, 0.4) is 0 Å². The average molecular weight is 333 g/mol. The minimum atomic E-state index is -0.104. The SMILES string of the molecule is OCC#Cc1ccccc1CSc1cccc(Br)c1. The molecule has 1 N–H and O–H groups in total. The summed E-state index contributed by atoms with van der Waals surface area (Å²) in [6.07, 6.45) is 0. The molecule has 2 rings (SSSR count). The highest BCUT2D eigenvalue weighted by Crippen LogP contribution is 2.26. The van der Waals surface area contributed by atoms with E-state index in [0.717, 1.165) is 15.8 Å². The Bertz CT molecular complexity index is 613. The Kier molecular flexibility index (Phi) is 5.53. The Morgan fingerprint density at radius 1 is 1.11 bits per heavy atom. The lowest BCUT2D eigenvalue weighted by Crippen LogP contribution is -1.87. The molecule has 0 fully saturated rings. The van der Waals surface area contributed by atoms with Crippen molar-refractivity contribution in [2.75, 3.05) is 6.61 Å². The van der Waals surface area contributed by atoms with Crippen LogP contribution in [0.4, 0.5) is 0 Å². The number of benzene rings is 2. The van der Waals surface area contributed by atoms with E-state index in [1.54, 1.807) is 11.8 Å². The predicted molar refractivity (Wildman–Crippen MR) is 84.1 cm³/mol. The van der Waals surface area contributed by atoms with Gasteiger partial charge in [-0.1, -0.05) is 52.0 Å². The highest BCUT2D eigenvalue weighted by atomic mass is 79.9. The molecule has 3 heteroatoms. The van der Waals surface area contributed by atoms with Gasteiger partial charge < -0.3 is 5.11 Å². The Hall–Kier alpha value is -1.21. The van der Waals surface area contributed by atoms with Gasteiger partial charge in [0.1, 0.15) is 6.61 Å². The number of hydrogen-bond acceptors (Lipinski definition) is 2. The minimum absolute atomic E-state index is 0.104. The predicted octanol–water partition coefficient (Wildman–Crippen LogP) is 4.09. The molecule has 0 aliphatic carbocycles. The van der Waals surface area contributed by atoms with Gasteiger partial charge in [-0.2, -0.15) is 0 Å². The van der Waals surface area contributed by atoms with Crippen LogP contribution < -0.4 is 0 Å². The Morgan fingerprint density at radius 3 is 2.74 bits per heavy atom. The van der Waals surface area contributed by atoms with Crippen molar-refractivity contribution >= 4 is 27.7 Å². The van der Waals surface area contributed by atoms with E-state index in [9.17, 15) is 0 Å². The van der Waals surface area contributed by atoms with E-state index in [4.69, 9.17) is 5.11 Å². The van der Waals surface area contributed by atoms with Crippen LogP contribution in [0.5, 0.6) is 0 Å². The van der Waals surface area contributed by atoms with Crippen LogP contribution >= 0.6 is 27.7 Å². The van der Waals surface area contributed by atoms with Crippen molar-refractivity contribution in [3.63, 3.8) is 0 Å². The molecule has 0 saturated carbocycles. The second-order valence-electron chi connectivity index (χ2n) is 3.86. The molecule has 96 valence electrons. The van der Waals surface area contributed by atoms with Crippen LogP contribution in [0.2, 0.25) is 0 Å². The van der Waals surface area contributed by atoms with Gasteiger partial charge in [-0.15, -0.1) is 11.8 Å². The standard InChI is InChI=1S/C16H13BrOS/c17-15-8-3-9-16(11-15)19-12-14-6-2-1-5-13(14)7-4-10-18/h1-3,5-6,8-9,11,18H,10,12H2. The van der Waals surface area contributed by atoms with Crippen LogP contribution in [-0.4, -0.2) is 11.7 Å². The van der Waals surface area contributed by atoms with Crippen molar-refractivity contribution in [2.45, 2.75) is 10.6 Å². The molecule has 1 nitrogen and oxygen atoms in total. The third-order valence-corrected chi connectivity index (χ3v) is 4.05. The van der Waals surface area contributed by atoms with Crippen LogP contribution in [-0.2, 0) is 5.75 Å². The van der Waals surface area contributed by atoms with Gasteiger partial charge in [0.15, 0.2) is 0 Å². The Balaban J connectivity index is 2.11. The van der Waals surface area contributed by atoms with Crippen molar-refractivity contribution in [1.29, 1.82) is 0 Å². The summed E-state index contributed by atoms with van der Waals surface area (Å²) >= 11 is 5.25. The highest BCUT2D eigenvalue weighted by molar-refractivity contribution is 9.10. The lowest BCUT2D eigenvalue weighted by atomic mass is 10.1. The largest absolute Gasteiger partial charge is 0.384 e. The lowest BCUT2D eigenvalue weighted by Gasteiger charge is -2.05. The number of rotatable bonds is 3. The zero-order chi connectivity index (χ0) is 13.5. The van der Waals surface area contributed by atoms with Gasteiger partial charge in [0.2, 0.25) is 0 Å². The first-order valence-electron chi connectivity index (χ1n) is 5.85. The molecule has 2 aromatic rings. The average Bonchev–Trinajstić information content (AvgIpc) is 2.44. The summed E-state index contributed by atoms with van der Waals surface area (Å²) in [4.78, 5) is 1.22. The topological polar surface area (TPSA) is 20.2 Å². The molecule has 0 unspecified atom stereocenters. The van der Waals surface area contributed by atoms with E-state index in [0.29, 0.717) is 0 Å². The first-order valence-corrected chi connectivity index (χ1v) is 7.63. The molecule has 19 heavy (non-hydrogen) atoms. The molecule has 0 aliphatic rings. The maximum atomic E-state index is 8.77. The molecular formula is C16H13BrOS. The Labute approximate surface area is 126 Å². The van der Waals surface area contributed by atoms with Crippen molar-refractivity contribution in [2.24, 2.45) is 0 Å². The summed E-state index contributed by atoms with van der Waals surface area (Å²) in [6, 6.07) is 16.3. The molecule has 0 saturated heterocycles. The number of hydrogen-bond donors (Lipinski definition) is 1. The van der Waals surface area contributed by atoms with Crippen LogP contribution in [0.15, 0.2) is 57.9 Å². The summed E-state index contributed by atoms with van der Waals surface area (Å²) < 4.78 is 1.09. The summed E-state index contributed by atoms with van der Waals surface area (Å²) in [5.74, 6) is 6.56. The summed E-state index contributed by atoms with van der Waals surface area (Å²) in [6.45, 7) is -0.104. The second kappa shape index (κ2) is 7.40. The Morgan fingerprint density at radius 2 is 1.95 bits per heavy atom. The van der Waals surface area contributed by atoms with Crippen molar-refractivity contribution in [1.82, 2.24) is 0 Å². The normalized spacial score (nSPS) is 9.79. The van der Waals surface area contributed by atoms with Gasteiger partial charge in [0.25, 0.3) is 0 Å². The molecule has 0 heterocycles. The molecule has 0 radical (unpaired) electrons. The van der Waals surface area contributed by atoms with Crippen LogP contribution in [0.25, 0.3) is 0 Å². The number of aliphatic hydroxyl groups excluding tert-OH is 1. The van der Waals surface area contributed by atoms with E-state index in [1.165, 1.54) is 10.5 Å². The van der Waals surface area contributed by atoms with Gasteiger partial charge in [0, 0.05) is 20.7 Å². The second-order valence-corrected chi connectivity index (χ2v) is 5.83. The monoisotopic (exact) mass is 332 g/mol. The summed E-state index contributed by atoms with van der Waals surface area (Å²) in [5.41, 5.74) is 2.17. The molecule has 0 bridgehead atoms. The van der Waals surface area contributed by atoms with Crippen molar-refractivity contribution in [3.8, 4) is 11.8 Å². The third kappa shape index (κ3) is 4.43. The first kappa shape index (κ1) is 14.2. The number of aliphatic hydroxyl groups is 1. The summed E-state index contributed by atoms with van der Waals surface area (Å²) in [5, 5.41) is 8.77. The van der Waals surface area contributed by atoms with Gasteiger partial charge in [-0.25, -0.2) is 0 Å².